The number of aliphatic hydroxyl groups excluding tert-OH is 1. The molecule has 2 aromatic rings. The van der Waals surface area contributed by atoms with Gasteiger partial charge in [0.25, 0.3) is 0 Å². The van der Waals surface area contributed by atoms with Gasteiger partial charge in [0.2, 0.25) is 0 Å². The summed E-state index contributed by atoms with van der Waals surface area (Å²) in [5, 5.41) is 12.0. The summed E-state index contributed by atoms with van der Waals surface area (Å²) in [7, 11) is 0. The van der Waals surface area contributed by atoms with E-state index in [2.05, 4.69) is 5.32 Å². The third-order valence-electron chi connectivity index (χ3n) is 3.10. The Bertz CT molecular complexity index is 507. The largest absolute Gasteiger partial charge is 0.460 e. The van der Waals surface area contributed by atoms with Crippen LogP contribution in [0.25, 0.3) is 11.3 Å². The number of hydrogen-bond acceptors (Lipinski definition) is 3. The van der Waals surface area contributed by atoms with Crippen molar-refractivity contribution in [1.82, 2.24) is 5.32 Å². The van der Waals surface area contributed by atoms with Crippen LogP contribution in [0.1, 0.15) is 25.0 Å². The molecule has 1 aromatic heterocycles. The fraction of sp³-hybridized carbons (Fsp3) is 0.375. The summed E-state index contributed by atoms with van der Waals surface area (Å²) in [6.07, 6.45) is 2.94. The zero-order valence-electron chi connectivity index (χ0n) is 11.4. The van der Waals surface area contributed by atoms with Crippen LogP contribution in [-0.4, -0.2) is 18.3 Å². The second-order valence-electron chi connectivity index (χ2n) is 4.73. The molecule has 2 rings (SSSR count). The third-order valence-corrected chi connectivity index (χ3v) is 3.10. The minimum Gasteiger partial charge on any atom is -0.460 e. The van der Waals surface area contributed by atoms with Gasteiger partial charge in [0.1, 0.15) is 17.3 Å². The van der Waals surface area contributed by atoms with Crippen molar-refractivity contribution in [1.29, 1.82) is 0 Å². The molecule has 20 heavy (non-hydrogen) atoms. The SMILES string of the molecule is OCCCCCNCc1ccc(-c2ccc(F)cc2)o1. The molecular formula is C16H20FNO2. The lowest BCUT2D eigenvalue weighted by molar-refractivity contribution is 0.282. The summed E-state index contributed by atoms with van der Waals surface area (Å²) in [6.45, 7) is 1.85. The molecule has 3 nitrogen and oxygen atoms in total. The van der Waals surface area contributed by atoms with Crippen molar-refractivity contribution in [3.63, 3.8) is 0 Å². The van der Waals surface area contributed by atoms with Crippen LogP contribution in [0.15, 0.2) is 40.8 Å². The Hall–Kier alpha value is -1.65. The molecule has 0 saturated heterocycles. The fourth-order valence-corrected chi connectivity index (χ4v) is 1.99. The quantitative estimate of drug-likeness (QED) is 0.727. The summed E-state index contributed by atoms with van der Waals surface area (Å²) in [5.74, 6) is 1.37. The van der Waals surface area contributed by atoms with Gasteiger partial charge in [-0.15, -0.1) is 0 Å². The Morgan fingerprint density at radius 2 is 1.80 bits per heavy atom. The maximum Gasteiger partial charge on any atom is 0.134 e. The molecule has 0 bridgehead atoms. The molecule has 0 fully saturated rings. The van der Waals surface area contributed by atoms with Crippen LogP contribution >= 0.6 is 0 Å². The van der Waals surface area contributed by atoms with E-state index in [1.165, 1.54) is 12.1 Å². The molecule has 0 aliphatic heterocycles. The van der Waals surface area contributed by atoms with E-state index in [9.17, 15) is 4.39 Å². The number of benzene rings is 1. The highest BCUT2D eigenvalue weighted by Gasteiger charge is 2.04. The summed E-state index contributed by atoms with van der Waals surface area (Å²) >= 11 is 0. The molecular weight excluding hydrogens is 257 g/mol. The first-order valence-electron chi connectivity index (χ1n) is 6.96. The van der Waals surface area contributed by atoms with E-state index in [0.717, 1.165) is 42.9 Å². The van der Waals surface area contributed by atoms with Crippen molar-refractivity contribution < 1.29 is 13.9 Å². The molecule has 0 amide bonds. The average molecular weight is 277 g/mol. The second-order valence-corrected chi connectivity index (χ2v) is 4.73. The molecule has 0 aliphatic rings. The van der Waals surface area contributed by atoms with E-state index < -0.39 is 0 Å². The summed E-state index contributed by atoms with van der Waals surface area (Å²) in [4.78, 5) is 0. The number of nitrogens with one attached hydrogen (secondary N) is 1. The molecule has 0 unspecified atom stereocenters. The van der Waals surface area contributed by atoms with Crippen LogP contribution in [-0.2, 0) is 6.54 Å². The summed E-state index contributed by atoms with van der Waals surface area (Å²) < 4.78 is 18.6. The van der Waals surface area contributed by atoms with Gasteiger partial charge < -0.3 is 14.8 Å². The number of furan rings is 1. The maximum atomic E-state index is 12.8. The normalized spacial score (nSPS) is 10.9. The molecule has 0 radical (unpaired) electrons. The van der Waals surface area contributed by atoms with Crippen molar-refractivity contribution in [3.8, 4) is 11.3 Å². The van der Waals surface area contributed by atoms with E-state index in [1.807, 2.05) is 12.1 Å². The van der Waals surface area contributed by atoms with E-state index in [-0.39, 0.29) is 12.4 Å². The molecule has 2 N–H and O–H groups in total. The molecule has 1 heterocycles. The van der Waals surface area contributed by atoms with E-state index in [1.54, 1.807) is 12.1 Å². The minimum absolute atomic E-state index is 0.245. The highest BCUT2D eigenvalue weighted by atomic mass is 19.1. The summed E-state index contributed by atoms with van der Waals surface area (Å²) in [6, 6.07) is 10.1. The van der Waals surface area contributed by atoms with E-state index in [0.29, 0.717) is 6.54 Å². The van der Waals surface area contributed by atoms with Gasteiger partial charge in [-0.2, -0.15) is 0 Å². The van der Waals surface area contributed by atoms with Crippen molar-refractivity contribution >= 4 is 0 Å². The lowest BCUT2D eigenvalue weighted by Gasteiger charge is -2.02. The predicted molar refractivity (Wildman–Crippen MR) is 76.7 cm³/mol. The smallest absolute Gasteiger partial charge is 0.134 e. The second kappa shape index (κ2) is 7.82. The van der Waals surface area contributed by atoms with Crippen molar-refractivity contribution in [3.05, 3.63) is 48.0 Å². The maximum absolute atomic E-state index is 12.8. The average Bonchev–Trinajstić information content (AvgIpc) is 2.92. The van der Waals surface area contributed by atoms with Crippen molar-refractivity contribution in [2.45, 2.75) is 25.8 Å². The Balaban J connectivity index is 1.79. The Morgan fingerprint density at radius 1 is 1.00 bits per heavy atom. The van der Waals surface area contributed by atoms with Crippen LogP contribution in [0.3, 0.4) is 0 Å². The number of unbranched alkanes of at least 4 members (excludes halogenated alkanes) is 2. The van der Waals surface area contributed by atoms with Crippen LogP contribution in [0.5, 0.6) is 0 Å². The molecule has 1 aromatic carbocycles. The van der Waals surface area contributed by atoms with Crippen LogP contribution < -0.4 is 5.32 Å². The molecule has 0 atom stereocenters. The summed E-state index contributed by atoms with van der Waals surface area (Å²) in [5.41, 5.74) is 0.876. The zero-order valence-corrected chi connectivity index (χ0v) is 11.4. The van der Waals surface area contributed by atoms with Gasteiger partial charge in [0.15, 0.2) is 0 Å². The van der Waals surface area contributed by atoms with Gasteiger partial charge in [-0.05, 0) is 62.2 Å². The predicted octanol–water partition coefficient (Wildman–Crippen LogP) is 3.34. The standard InChI is InChI=1S/C16H20FNO2/c17-14-6-4-13(5-7-14)16-9-8-15(20-16)12-18-10-2-1-3-11-19/h4-9,18-19H,1-3,10-12H2. The van der Waals surface area contributed by atoms with Gasteiger partial charge >= 0.3 is 0 Å². The van der Waals surface area contributed by atoms with Crippen molar-refractivity contribution in [2.75, 3.05) is 13.2 Å². The topological polar surface area (TPSA) is 45.4 Å². The number of rotatable bonds is 8. The highest BCUT2D eigenvalue weighted by molar-refractivity contribution is 5.57. The van der Waals surface area contributed by atoms with E-state index >= 15 is 0 Å². The Kier molecular flexibility index (Phi) is 5.77. The number of aliphatic hydroxyl groups is 1. The third kappa shape index (κ3) is 4.47. The molecule has 108 valence electrons. The molecule has 0 spiro atoms. The van der Waals surface area contributed by atoms with E-state index in [4.69, 9.17) is 9.52 Å². The first kappa shape index (κ1) is 14.8. The highest BCUT2D eigenvalue weighted by Crippen LogP contribution is 2.22. The van der Waals surface area contributed by atoms with Gasteiger partial charge in [0.05, 0.1) is 6.54 Å². The minimum atomic E-state index is -0.245. The lowest BCUT2D eigenvalue weighted by atomic mass is 10.2. The molecule has 0 saturated carbocycles. The first-order valence-corrected chi connectivity index (χ1v) is 6.96. The molecule has 0 aliphatic carbocycles. The van der Waals surface area contributed by atoms with Crippen LogP contribution in [0, 0.1) is 5.82 Å². The van der Waals surface area contributed by atoms with Gasteiger partial charge in [-0.3, -0.25) is 0 Å². The monoisotopic (exact) mass is 277 g/mol. The first-order chi connectivity index (χ1) is 9.79. The number of hydrogen-bond donors (Lipinski definition) is 2. The van der Waals surface area contributed by atoms with Crippen LogP contribution in [0.4, 0.5) is 4.39 Å². The molecule has 4 heteroatoms. The van der Waals surface area contributed by atoms with Gasteiger partial charge in [-0.25, -0.2) is 4.39 Å². The van der Waals surface area contributed by atoms with Gasteiger partial charge in [-0.1, -0.05) is 0 Å². The van der Waals surface area contributed by atoms with Crippen LogP contribution in [0.2, 0.25) is 0 Å². The lowest BCUT2D eigenvalue weighted by Crippen LogP contribution is -2.14. The Labute approximate surface area is 118 Å². The van der Waals surface area contributed by atoms with Gasteiger partial charge in [0, 0.05) is 12.2 Å². The fourth-order valence-electron chi connectivity index (χ4n) is 1.99. The zero-order chi connectivity index (χ0) is 14.2. The van der Waals surface area contributed by atoms with Crippen molar-refractivity contribution in [2.24, 2.45) is 0 Å². The Morgan fingerprint density at radius 3 is 2.55 bits per heavy atom. The number of halogens is 1.